The van der Waals surface area contributed by atoms with E-state index < -0.39 is 0 Å². The van der Waals surface area contributed by atoms with E-state index in [9.17, 15) is 0 Å². The summed E-state index contributed by atoms with van der Waals surface area (Å²) in [7, 11) is 0. The molecule has 10 heavy (non-hydrogen) atoms. The van der Waals surface area contributed by atoms with Crippen molar-refractivity contribution >= 4 is 0 Å². The number of fused-ring (bicyclic) bond motifs is 1. The third-order valence-corrected chi connectivity index (χ3v) is 1.97. The minimum absolute atomic E-state index is 0.574. The van der Waals surface area contributed by atoms with Crippen LogP contribution in [0.2, 0.25) is 0 Å². The van der Waals surface area contributed by atoms with Gasteiger partial charge in [0.2, 0.25) is 0 Å². The Hall–Kier alpha value is -1.04. The number of hydrogen-bond acceptors (Lipinski definition) is 0. The van der Waals surface area contributed by atoms with Crippen molar-refractivity contribution in [2.75, 3.05) is 0 Å². The van der Waals surface area contributed by atoms with Crippen LogP contribution >= 0.6 is 0 Å². The monoisotopic (exact) mass is 130 g/mol. The van der Waals surface area contributed by atoms with E-state index in [4.69, 9.17) is 0 Å². The van der Waals surface area contributed by atoms with Gasteiger partial charge in [-0.2, -0.15) is 0 Å². The third kappa shape index (κ3) is 0.766. The molecule has 0 amide bonds. The molecule has 0 spiro atoms. The zero-order valence-electron chi connectivity index (χ0n) is 6.04. The fourth-order valence-electron chi connectivity index (χ4n) is 1.39. The molecule has 0 N–H and O–H groups in total. The van der Waals surface area contributed by atoms with Gasteiger partial charge in [-0.15, -0.1) is 0 Å². The highest BCUT2D eigenvalue weighted by Crippen LogP contribution is 2.26. The standard InChI is InChI=1S/C10H10/c1-8-5-6-9-3-2-4-10(9)7-8/h2-7,10H,1H3. The molecule has 2 aliphatic carbocycles. The van der Waals surface area contributed by atoms with Crippen molar-refractivity contribution in [2.45, 2.75) is 6.92 Å². The van der Waals surface area contributed by atoms with Gasteiger partial charge in [0, 0.05) is 5.92 Å². The molecule has 1 unspecified atom stereocenters. The summed E-state index contributed by atoms with van der Waals surface area (Å²) in [6.45, 7) is 2.14. The van der Waals surface area contributed by atoms with E-state index >= 15 is 0 Å². The van der Waals surface area contributed by atoms with Gasteiger partial charge >= 0.3 is 0 Å². The summed E-state index contributed by atoms with van der Waals surface area (Å²) >= 11 is 0. The highest BCUT2D eigenvalue weighted by atomic mass is 14.2. The summed E-state index contributed by atoms with van der Waals surface area (Å²) in [6.07, 6.45) is 13.2. The maximum atomic E-state index is 2.29. The van der Waals surface area contributed by atoms with Crippen LogP contribution in [-0.4, -0.2) is 0 Å². The summed E-state index contributed by atoms with van der Waals surface area (Å²) in [5, 5.41) is 0. The van der Waals surface area contributed by atoms with Crippen molar-refractivity contribution in [1.29, 1.82) is 0 Å². The summed E-state index contributed by atoms with van der Waals surface area (Å²) in [4.78, 5) is 0. The van der Waals surface area contributed by atoms with Crippen LogP contribution in [0.4, 0.5) is 0 Å². The van der Waals surface area contributed by atoms with Crippen molar-refractivity contribution in [3.8, 4) is 0 Å². The fourth-order valence-corrected chi connectivity index (χ4v) is 1.39. The van der Waals surface area contributed by atoms with Crippen LogP contribution in [-0.2, 0) is 0 Å². The van der Waals surface area contributed by atoms with Gasteiger partial charge in [-0.3, -0.25) is 0 Å². The van der Waals surface area contributed by atoms with Crippen molar-refractivity contribution < 1.29 is 0 Å². The maximum absolute atomic E-state index is 2.29. The summed E-state index contributed by atoms with van der Waals surface area (Å²) in [6, 6.07) is 0. The van der Waals surface area contributed by atoms with Gasteiger partial charge in [-0.05, 0) is 12.5 Å². The molecule has 0 saturated carbocycles. The molecule has 0 heteroatoms. The van der Waals surface area contributed by atoms with E-state index in [1.54, 1.807) is 0 Å². The van der Waals surface area contributed by atoms with Gasteiger partial charge in [0.05, 0.1) is 0 Å². The minimum atomic E-state index is 0.574. The maximum Gasteiger partial charge on any atom is 0.0207 e. The average Bonchev–Trinajstić information content (AvgIpc) is 2.33. The Morgan fingerprint density at radius 1 is 1.30 bits per heavy atom. The average molecular weight is 130 g/mol. The molecule has 0 nitrogen and oxygen atoms in total. The van der Waals surface area contributed by atoms with Crippen LogP contribution in [0.5, 0.6) is 0 Å². The largest absolute Gasteiger partial charge is 0.0732 e. The lowest BCUT2D eigenvalue weighted by Crippen LogP contribution is -1.96. The first kappa shape index (κ1) is 5.72. The van der Waals surface area contributed by atoms with Gasteiger partial charge in [0.25, 0.3) is 0 Å². The Morgan fingerprint density at radius 3 is 3.10 bits per heavy atom. The molecular weight excluding hydrogens is 120 g/mol. The van der Waals surface area contributed by atoms with Crippen LogP contribution in [0.3, 0.4) is 0 Å². The van der Waals surface area contributed by atoms with Crippen molar-refractivity contribution in [3.05, 3.63) is 47.6 Å². The van der Waals surface area contributed by atoms with E-state index in [0.717, 1.165) is 0 Å². The molecule has 0 heterocycles. The van der Waals surface area contributed by atoms with Crippen molar-refractivity contribution in [2.24, 2.45) is 5.92 Å². The highest BCUT2D eigenvalue weighted by molar-refractivity contribution is 5.45. The zero-order valence-corrected chi connectivity index (χ0v) is 6.04. The van der Waals surface area contributed by atoms with E-state index in [-0.39, 0.29) is 0 Å². The smallest absolute Gasteiger partial charge is 0.0207 e. The molecule has 0 aromatic rings. The molecule has 0 aromatic carbocycles. The lowest BCUT2D eigenvalue weighted by Gasteiger charge is -2.10. The predicted octanol–water partition coefficient (Wildman–Crippen LogP) is 2.61. The molecule has 0 aliphatic heterocycles. The van der Waals surface area contributed by atoms with E-state index in [2.05, 4.69) is 43.4 Å². The second-order valence-corrected chi connectivity index (χ2v) is 2.82. The Bertz CT molecular complexity index is 262. The molecule has 0 bridgehead atoms. The second kappa shape index (κ2) is 1.98. The van der Waals surface area contributed by atoms with Crippen molar-refractivity contribution in [1.82, 2.24) is 0 Å². The van der Waals surface area contributed by atoms with Crippen LogP contribution in [0.1, 0.15) is 6.92 Å². The van der Waals surface area contributed by atoms with Crippen molar-refractivity contribution in [3.63, 3.8) is 0 Å². The number of hydrogen-bond donors (Lipinski definition) is 0. The first-order chi connectivity index (χ1) is 4.86. The van der Waals surface area contributed by atoms with Crippen LogP contribution in [0.25, 0.3) is 0 Å². The minimum Gasteiger partial charge on any atom is -0.0732 e. The Labute approximate surface area is 61.3 Å². The third-order valence-electron chi connectivity index (χ3n) is 1.97. The fraction of sp³-hybridized carbons (Fsp3) is 0.200. The van der Waals surface area contributed by atoms with Gasteiger partial charge < -0.3 is 0 Å². The predicted molar refractivity (Wildman–Crippen MR) is 43.6 cm³/mol. The first-order valence-electron chi connectivity index (χ1n) is 3.61. The van der Waals surface area contributed by atoms with Gasteiger partial charge in [0.1, 0.15) is 0 Å². The Morgan fingerprint density at radius 2 is 2.20 bits per heavy atom. The lowest BCUT2D eigenvalue weighted by atomic mass is 9.95. The van der Waals surface area contributed by atoms with E-state index in [1.165, 1.54) is 11.1 Å². The Kier molecular flexibility index (Phi) is 1.13. The van der Waals surface area contributed by atoms with Crippen LogP contribution in [0.15, 0.2) is 47.6 Å². The highest BCUT2D eigenvalue weighted by Gasteiger charge is 2.11. The summed E-state index contributed by atoms with van der Waals surface area (Å²) < 4.78 is 0. The summed E-state index contributed by atoms with van der Waals surface area (Å²) in [5.74, 6) is 0.574. The molecule has 0 saturated heterocycles. The van der Waals surface area contributed by atoms with Crippen LogP contribution < -0.4 is 0 Å². The molecular formula is C10H10. The first-order valence-corrected chi connectivity index (χ1v) is 3.61. The molecule has 1 atom stereocenters. The molecule has 0 radical (unpaired) electrons. The molecule has 50 valence electrons. The summed E-state index contributed by atoms with van der Waals surface area (Å²) in [5.41, 5.74) is 2.79. The van der Waals surface area contributed by atoms with Gasteiger partial charge in [0.15, 0.2) is 0 Å². The Balaban J connectivity index is 2.39. The quantitative estimate of drug-likeness (QED) is 0.473. The molecule has 0 aromatic heterocycles. The zero-order chi connectivity index (χ0) is 6.97. The number of rotatable bonds is 0. The van der Waals surface area contributed by atoms with E-state index in [0.29, 0.717) is 5.92 Å². The van der Waals surface area contributed by atoms with Gasteiger partial charge in [-0.1, -0.05) is 42.0 Å². The topological polar surface area (TPSA) is 0 Å². The molecule has 2 rings (SSSR count). The molecule has 2 aliphatic rings. The second-order valence-electron chi connectivity index (χ2n) is 2.82. The van der Waals surface area contributed by atoms with Crippen LogP contribution in [0, 0.1) is 5.92 Å². The lowest BCUT2D eigenvalue weighted by molar-refractivity contribution is 1.00. The molecule has 0 fully saturated rings. The SMILES string of the molecule is CC1=CC2C=CC=C2C=C1. The number of allylic oxidation sites excluding steroid dienone is 8. The van der Waals surface area contributed by atoms with E-state index in [1.807, 2.05) is 0 Å². The normalized spacial score (nSPS) is 27.9. The van der Waals surface area contributed by atoms with Gasteiger partial charge in [-0.25, -0.2) is 0 Å².